The molecule has 1 saturated heterocycles. The second-order valence-electron chi connectivity index (χ2n) is 6.36. The smallest absolute Gasteiger partial charge is 0.276 e. The Morgan fingerprint density at radius 1 is 1.26 bits per heavy atom. The van der Waals surface area contributed by atoms with Crippen LogP contribution in [0.4, 0.5) is 5.69 Å². The van der Waals surface area contributed by atoms with Gasteiger partial charge in [-0.15, -0.1) is 0 Å². The van der Waals surface area contributed by atoms with Gasteiger partial charge in [0.05, 0.1) is 23.8 Å². The number of nitrogens with one attached hydrogen (secondary N) is 1. The first-order valence-corrected chi connectivity index (χ1v) is 10.5. The van der Waals surface area contributed by atoms with Crippen molar-refractivity contribution in [3.63, 3.8) is 0 Å². The van der Waals surface area contributed by atoms with Gasteiger partial charge in [-0.25, -0.2) is 8.42 Å². The van der Waals surface area contributed by atoms with E-state index in [2.05, 4.69) is 10.4 Å². The summed E-state index contributed by atoms with van der Waals surface area (Å²) in [4.78, 5) is 12.6. The molecule has 1 atom stereocenters. The fourth-order valence-corrected chi connectivity index (χ4v) is 5.00. The largest absolute Gasteiger partial charge is 0.463 e. The predicted octanol–water partition coefficient (Wildman–Crippen LogP) is 3.41. The molecule has 7 nitrogen and oxygen atoms in total. The minimum Gasteiger partial charge on any atom is -0.463 e. The van der Waals surface area contributed by atoms with Crippen LogP contribution >= 0.6 is 11.6 Å². The van der Waals surface area contributed by atoms with Gasteiger partial charge in [-0.2, -0.15) is 5.10 Å². The van der Waals surface area contributed by atoms with Gasteiger partial charge in [0.2, 0.25) is 0 Å². The molecule has 2 aromatic heterocycles. The molecule has 0 bridgehead atoms. The van der Waals surface area contributed by atoms with E-state index in [1.807, 2.05) is 0 Å². The minimum atomic E-state index is -3.10. The van der Waals surface area contributed by atoms with Crippen LogP contribution in [0.25, 0.3) is 11.5 Å². The quantitative estimate of drug-likeness (QED) is 0.717. The Labute approximate surface area is 160 Å². The van der Waals surface area contributed by atoms with Gasteiger partial charge >= 0.3 is 0 Å². The summed E-state index contributed by atoms with van der Waals surface area (Å²) in [6.45, 7) is 0. The highest BCUT2D eigenvalue weighted by molar-refractivity contribution is 7.91. The van der Waals surface area contributed by atoms with E-state index in [1.165, 1.54) is 6.26 Å². The number of nitrogens with zero attached hydrogens (tertiary/aromatic N) is 2. The number of halogens is 1. The number of anilines is 1. The number of hydrogen-bond donors (Lipinski definition) is 1. The first-order valence-electron chi connectivity index (χ1n) is 8.32. The minimum absolute atomic E-state index is 0.00224. The lowest BCUT2D eigenvalue weighted by Crippen LogP contribution is -2.16. The summed E-state index contributed by atoms with van der Waals surface area (Å²) in [5.74, 6) is 0.218. The third-order valence-corrected chi connectivity index (χ3v) is 6.36. The summed E-state index contributed by atoms with van der Waals surface area (Å²) < 4.78 is 30.8. The number of sulfone groups is 1. The fourth-order valence-electron chi connectivity index (χ4n) is 3.12. The molecular formula is C18H16ClN3O4S. The van der Waals surface area contributed by atoms with Crippen LogP contribution in [-0.2, 0) is 9.84 Å². The molecule has 0 radical (unpaired) electrons. The maximum Gasteiger partial charge on any atom is 0.276 e. The Kier molecular flexibility index (Phi) is 4.53. The summed E-state index contributed by atoms with van der Waals surface area (Å²) >= 11 is 5.94. The topological polar surface area (TPSA) is 94.2 Å². The lowest BCUT2D eigenvalue weighted by molar-refractivity contribution is 0.102. The van der Waals surface area contributed by atoms with Gasteiger partial charge in [0.1, 0.15) is 5.69 Å². The van der Waals surface area contributed by atoms with Crippen LogP contribution in [0, 0.1) is 0 Å². The zero-order chi connectivity index (χ0) is 19.0. The van der Waals surface area contributed by atoms with Crippen molar-refractivity contribution >= 4 is 33.0 Å². The summed E-state index contributed by atoms with van der Waals surface area (Å²) in [6.07, 6.45) is 1.97. The Balaban J connectivity index is 1.68. The van der Waals surface area contributed by atoms with Gasteiger partial charge in [0.25, 0.3) is 5.91 Å². The van der Waals surface area contributed by atoms with Crippen LogP contribution in [0.5, 0.6) is 0 Å². The summed E-state index contributed by atoms with van der Waals surface area (Å²) in [5, 5.41) is 7.63. The first kappa shape index (κ1) is 17.8. The van der Waals surface area contributed by atoms with E-state index >= 15 is 0 Å². The molecular weight excluding hydrogens is 390 g/mol. The normalized spacial score (nSPS) is 18.5. The number of benzene rings is 1. The third kappa shape index (κ3) is 3.77. The van der Waals surface area contributed by atoms with Crippen LogP contribution in [0.1, 0.15) is 23.0 Å². The Morgan fingerprint density at radius 3 is 2.78 bits per heavy atom. The van der Waals surface area contributed by atoms with Crippen molar-refractivity contribution in [2.75, 3.05) is 16.8 Å². The molecule has 0 spiro atoms. The molecule has 1 unspecified atom stereocenters. The van der Waals surface area contributed by atoms with Crippen LogP contribution in [0.3, 0.4) is 0 Å². The van der Waals surface area contributed by atoms with E-state index in [9.17, 15) is 13.2 Å². The summed E-state index contributed by atoms with van der Waals surface area (Å²) in [5.41, 5.74) is 1.29. The highest BCUT2D eigenvalue weighted by Gasteiger charge is 2.32. The Morgan fingerprint density at radius 2 is 2.11 bits per heavy atom. The molecule has 3 aromatic rings. The Hall–Kier alpha value is -2.58. The number of amides is 1. The van der Waals surface area contributed by atoms with Crippen LogP contribution in [0.2, 0.25) is 5.02 Å². The first-order chi connectivity index (χ1) is 12.9. The second kappa shape index (κ2) is 6.86. The van der Waals surface area contributed by atoms with E-state index < -0.39 is 15.7 Å². The van der Waals surface area contributed by atoms with Crippen molar-refractivity contribution in [1.82, 2.24) is 9.78 Å². The number of aromatic nitrogens is 2. The van der Waals surface area contributed by atoms with Crippen molar-refractivity contribution in [2.24, 2.45) is 0 Å². The fraction of sp³-hybridized carbons (Fsp3) is 0.222. The van der Waals surface area contributed by atoms with Crippen molar-refractivity contribution in [1.29, 1.82) is 0 Å². The molecule has 0 saturated carbocycles. The molecule has 1 amide bonds. The molecule has 1 fully saturated rings. The van der Waals surface area contributed by atoms with Crippen molar-refractivity contribution in [2.45, 2.75) is 12.5 Å². The van der Waals surface area contributed by atoms with Crippen molar-refractivity contribution in [3.8, 4) is 11.5 Å². The van der Waals surface area contributed by atoms with Crippen LogP contribution in [0.15, 0.2) is 53.1 Å². The lowest BCUT2D eigenvalue weighted by Gasteiger charge is -2.11. The molecule has 4 rings (SSSR count). The number of furan rings is 1. The lowest BCUT2D eigenvalue weighted by atomic mass is 10.2. The number of carbonyl (C=O) groups is 1. The van der Waals surface area contributed by atoms with Crippen LogP contribution < -0.4 is 5.32 Å². The number of hydrogen-bond acceptors (Lipinski definition) is 5. The summed E-state index contributed by atoms with van der Waals surface area (Å²) in [7, 11) is -3.10. The van der Waals surface area contributed by atoms with Crippen molar-refractivity contribution in [3.05, 3.63) is 59.4 Å². The highest BCUT2D eigenvalue weighted by atomic mass is 35.5. The molecule has 1 aliphatic rings. The average molecular weight is 406 g/mol. The summed E-state index contributed by atoms with van der Waals surface area (Å²) in [6, 6.07) is 11.5. The molecule has 9 heteroatoms. The second-order valence-corrected chi connectivity index (χ2v) is 9.02. The maximum atomic E-state index is 12.6. The highest BCUT2D eigenvalue weighted by Crippen LogP contribution is 2.30. The zero-order valence-corrected chi connectivity index (χ0v) is 15.7. The van der Waals surface area contributed by atoms with Gasteiger partial charge in [0.15, 0.2) is 21.3 Å². The van der Waals surface area contributed by atoms with E-state index in [0.29, 0.717) is 28.6 Å². The predicted molar refractivity (Wildman–Crippen MR) is 102 cm³/mol. The number of carbonyl (C=O) groups excluding carboxylic acids is 1. The third-order valence-electron chi connectivity index (χ3n) is 4.38. The zero-order valence-electron chi connectivity index (χ0n) is 14.1. The van der Waals surface area contributed by atoms with Crippen molar-refractivity contribution < 1.29 is 17.6 Å². The van der Waals surface area contributed by atoms with E-state index in [1.54, 1.807) is 47.1 Å². The molecule has 140 valence electrons. The van der Waals surface area contributed by atoms with Gasteiger partial charge in [0, 0.05) is 16.8 Å². The van der Waals surface area contributed by atoms with E-state index in [4.69, 9.17) is 16.0 Å². The molecule has 1 N–H and O–H groups in total. The van der Waals surface area contributed by atoms with Gasteiger partial charge in [-0.3, -0.25) is 9.48 Å². The average Bonchev–Trinajstić information content (AvgIpc) is 3.32. The van der Waals surface area contributed by atoms with Gasteiger partial charge in [-0.1, -0.05) is 17.7 Å². The van der Waals surface area contributed by atoms with Crippen LogP contribution in [-0.4, -0.2) is 35.6 Å². The Bertz CT molecular complexity index is 1090. The molecule has 3 heterocycles. The number of rotatable bonds is 4. The van der Waals surface area contributed by atoms with E-state index in [0.717, 1.165) is 0 Å². The molecule has 1 aliphatic heterocycles. The molecule has 0 aliphatic carbocycles. The SMILES string of the molecule is O=C(Nc1cccc(Cl)c1)c1cc(-c2ccco2)n(C2CCS(=O)(=O)C2)n1. The standard InChI is InChI=1S/C18H16ClN3O4S/c19-12-3-1-4-13(9-12)20-18(23)15-10-16(17-5-2-7-26-17)22(21-15)14-6-8-27(24,25)11-14/h1-5,7,9-10,14H,6,8,11H2,(H,20,23). The molecule has 1 aromatic carbocycles. The maximum absolute atomic E-state index is 12.6. The molecule has 27 heavy (non-hydrogen) atoms. The van der Waals surface area contributed by atoms with Gasteiger partial charge < -0.3 is 9.73 Å². The van der Waals surface area contributed by atoms with Gasteiger partial charge in [-0.05, 0) is 36.8 Å². The monoisotopic (exact) mass is 405 g/mol. The van der Waals surface area contributed by atoms with E-state index in [-0.39, 0.29) is 23.2 Å².